The Labute approximate surface area is 255 Å². The molecule has 2 amide bonds. The number of benzene rings is 2. The maximum Gasteiger partial charge on any atom is 0.424 e. The van der Waals surface area contributed by atoms with Crippen LogP contribution in [-0.2, 0) is 15.8 Å². The average molecular weight is 648 g/mol. The van der Waals surface area contributed by atoms with Crippen LogP contribution >= 0.6 is 0 Å². The number of methoxy groups -OCH3 is 1. The number of piperidine rings is 1. The van der Waals surface area contributed by atoms with E-state index in [0.717, 1.165) is 36.5 Å². The minimum atomic E-state index is -5.41. The average Bonchev–Trinajstić information content (AvgIpc) is 3.35. The third kappa shape index (κ3) is 4.37. The van der Waals surface area contributed by atoms with Gasteiger partial charge in [0.15, 0.2) is 0 Å². The van der Waals surface area contributed by atoms with Crippen molar-refractivity contribution in [2.75, 3.05) is 20.3 Å². The van der Waals surface area contributed by atoms with Gasteiger partial charge in [-0.3, -0.25) is 9.59 Å². The third-order valence-corrected chi connectivity index (χ3v) is 8.83. The van der Waals surface area contributed by atoms with Crippen LogP contribution in [0.5, 0.6) is 11.5 Å². The molecule has 240 valence electrons. The van der Waals surface area contributed by atoms with Gasteiger partial charge in [-0.2, -0.15) is 27.1 Å². The second-order valence-electron chi connectivity index (χ2n) is 11.5. The highest BCUT2D eigenvalue weighted by atomic mass is 19.4. The summed E-state index contributed by atoms with van der Waals surface area (Å²) in [4.78, 5) is 30.4. The lowest BCUT2D eigenvalue weighted by Crippen LogP contribution is -2.52. The second-order valence-corrected chi connectivity index (χ2v) is 11.5. The number of hydrogen-bond acceptors (Lipinski definition) is 7. The lowest BCUT2D eigenvalue weighted by Gasteiger charge is -2.31. The van der Waals surface area contributed by atoms with Crippen LogP contribution < -0.4 is 20.1 Å². The number of hydrogen-bond donors (Lipinski definition) is 3. The van der Waals surface area contributed by atoms with Crippen molar-refractivity contribution < 1.29 is 50.5 Å². The number of nitrogens with one attached hydrogen (secondary N) is 2. The molecular formula is C30H23F6N5O5. The fourth-order valence-electron chi connectivity index (χ4n) is 6.30. The lowest BCUT2D eigenvalue weighted by atomic mass is 9.77. The summed E-state index contributed by atoms with van der Waals surface area (Å²) in [6.45, 7) is -4.59. The summed E-state index contributed by atoms with van der Waals surface area (Å²) >= 11 is 0. The van der Waals surface area contributed by atoms with Crippen LogP contribution in [-0.4, -0.2) is 64.2 Å². The minimum absolute atomic E-state index is 0.00758. The van der Waals surface area contributed by atoms with Gasteiger partial charge in [0.25, 0.3) is 5.91 Å². The molecule has 7 rings (SSSR count). The predicted molar refractivity (Wildman–Crippen MR) is 147 cm³/mol. The number of aliphatic hydroxyl groups is 1. The van der Waals surface area contributed by atoms with E-state index in [-0.39, 0.29) is 63.4 Å². The first kappa shape index (κ1) is 29.8. The van der Waals surface area contributed by atoms with Crippen LogP contribution in [0, 0.1) is 11.7 Å². The topological polar surface area (TPSA) is 128 Å². The van der Waals surface area contributed by atoms with Crippen molar-refractivity contribution in [2.24, 2.45) is 5.92 Å². The number of fused-ring (bicyclic) bond motifs is 5. The molecule has 2 aliphatic heterocycles. The van der Waals surface area contributed by atoms with Gasteiger partial charge in [0.1, 0.15) is 40.5 Å². The molecule has 3 aliphatic rings. The van der Waals surface area contributed by atoms with Crippen molar-refractivity contribution >= 4 is 22.7 Å². The van der Waals surface area contributed by atoms with Crippen molar-refractivity contribution in [1.29, 1.82) is 0 Å². The fraction of sp³-hybridized carbons (Fsp3) is 0.333. The maximum atomic E-state index is 14.8. The predicted octanol–water partition coefficient (Wildman–Crippen LogP) is 3.97. The van der Waals surface area contributed by atoms with Crippen LogP contribution in [0.4, 0.5) is 26.3 Å². The summed E-state index contributed by atoms with van der Waals surface area (Å²) in [6.07, 6.45) is -3.88. The Morgan fingerprint density at radius 2 is 1.98 bits per heavy atom. The molecule has 3 N–H and O–H groups in total. The van der Waals surface area contributed by atoms with Crippen molar-refractivity contribution in [3.8, 4) is 22.8 Å². The van der Waals surface area contributed by atoms with E-state index in [4.69, 9.17) is 9.47 Å². The van der Waals surface area contributed by atoms with Gasteiger partial charge in [-0.15, -0.1) is 0 Å². The summed E-state index contributed by atoms with van der Waals surface area (Å²) in [6, 6.07) is 7.76. The highest BCUT2D eigenvalue weighted by Gasteiger charge is 2.68. The maximum absolute atomic E-state index is 14.8. The normalized spacial score (nSPS) is 22.8. The van der Waals surface area contributed by atoms with Crippen molar-refractivity contribution in [3.05, 3.63) is 71.3 Å². The number of nitrogens with zero attached hydrogens (tertiary/aromatic N) is 3. The Bertz CT molecular complexity index is 1910. The number of ether oxygens (including phenoxy) is 2. The molecule has 4 aromatic rings. The molecule has 4 heterocycles. The standard InChI is InChI=1S/C30H23F6N5O5/c1-45-20-7-14(6-15-10-41(27(32)33)40-22(15)20)25(42)37-11-29(44,30(34,35)36)21-9-18-24(23(39-21)13-2-4-16(31)5-3-13)46-12-28(18)17-8-19(17)38-26(28)43/h2-7,9-10,17,19,27,44H,8,11-12H2,1H3,(H,37,42)(H,38,43)/t17?,19?,28-,29?/m0/s1. The van der Waals surface area contributed by atoms with E-state index >= 15 is 0 Å². The molecule has 1 saturated heterocycles. The molecule has 16 heteroatoms. The van der Waals surface area contributed by atoms with E-state index in [9.17, 15) is 41.0 Å². The summed E-state index contributed by atoms with van der Waals surface area (Å²) in [5.74, 6) is -2.44. The number of carbonyl (C=O) groups is 2. The molecule has 1 aliphatic carbocycles. The largest absolute Gasteiger partial charge is 0.494 e. The van der Waals surface area contributed by atoms with Crippen molar-refractivity contribution in [1.82, 2.24) is 25.4 Å². The Morgan fingerprint density at radius 3 is 2.61 bits per heavy atom. The van der Waals surface area contributed by atoms with Crippen LogP contribution in [0.15, 0.2) is 48.7 Å². The molecule has 0 radical (unpaired) electrons. The van der Waals surface area contributed by atoms with E-state index in [1.165, 1.54) is 19.2 Å². The van der Waals surface area contributed by atoms with Gasteiger partial charge in [-0.1, -0.05) is 0 Å². The number of rotatable bonds is 7. The number of alkyl halides is 5. The van der Waals surface area contributed by atoms with Crippen molar-refractivity contribution in [3.63, 3.8) is 0 Å². The van der Waals surface area contributed by atoms with Gasteiger partial charge >= 0.3 is 12.7 Å². The van der Waals surface area contributed by atoms with Gasteiger partial charge in [-0.05, 0) is 48.9 Å². The summed E-state index contributed by atoms with van der Waals surface area (Å²) in [5, 5.41) is 20.0. The first-order valence-electron chi connectivity index (χ1n) is 13.9. The number of halogens is 6. The summed E-state index contributed by atoms with van der Waals surface area (Å²) in [5.41, 5.74) is -6.19. The van der Waals surface area contributed by atoms with Crippen LogP contribution in [0.25, 0.3) is 22.2 Å². The Hall–Kier alpha value is -4.86. The number of aromatic nitrogens is 3. The Morgan fingerprint density at radius 1 is 1.24 bits per heavy atom. The summed E-state index contributed by atoms with van der Waals surface area (Å²) < 4.78 is 96.0. The molecule has 2 aromatic heterocycles. The summed E-state index contributed by atoms with van der Waals surface area (Å²) in [7, 11) is 1.20. The zero-order chi connectivity index (χ0) is 32.8. The smallest absolute Gasteiger partial charge is 0.424 e. The van der Waals surface area contributed by atoms with Gasteiger partial charge in [0.05, 0.1) is 19.3 Å². The monoisotopic (exact) mass is 647 g/mol. The van der Waals surface area contributed by atoms with Gasteiger partial charge in [0.2, 0.25) is 11.5 Å². The third-order valence-electron chi connectivity index (χ3n) is 8.83. The molecular weight excluding hydrogens is 624 g/mol. The van der Waals surface area contributed by atoms with Crippen LogP contribution in [0.1, 0.15) is 34.6 Å². The Balaban J connectivity index is 1.30. The molecule has 46 heavy (non-hydrogen) atoms. The molecule has 1 spiro atoms. The zero-order valence-corrected chi connectivity index (χ0v) is 23.7. The van der Waals surface area contributed by atoms with Crippen LogP contribution in [0.2, 0.25) is 0 Å². The SMILES string of the molecule is COc1cc(C(=O)NCC(O)(c2cc3c(c(-c4ccc(F)cc4)n2)OC[C@@]32C(=O)NC3CC32)C(F)(F)F)cc2cn(C(F)F)nc12. The zero-order valence-electron chi connectivity index (χ0n) is 23.7. The van der Waals surface area contributed by atoms with Gasteiger partial charge in [-0.25, -0.2) is 14.1 Å². The molecule has 2 aromatic carbocycles. The Kier molecular flexibility index (Phi) is 6.53. The molecule has 10 nitrogen and oxygen atoms in total. The minimum Gasteiger partial charge on any atom is -0.494 e. The molecule has 4 atom stereocenters. The van der Waals surface area contributed by atoms with E-state index in [1.807, 2.05) is 0 Å². The molecule has 3 unspecified atom stereocenters. The van der Waals surface area contributed by atoms with Crippen molar-refractivity contribution in [2.45, 2.75) is 36.2 Å². The van der Waals surface area contributed by atoms with E-state index in [1.54, 1.807) is 0 Å². The van der Waals surface area contributed by atoms with Crippen LogP contribution in [0.3, 0.4) is 0 Å². The number of pyridine rings is 1. The first-order valence-corrected chi connectivity index (χ1v) is 13.9. The molecule has 2 fully saturated rings. The molecule has 0 bridgehead atoms. The highest BCUT2D eigenvalue weighted by molar-refractivity contribution is 6.00. The lowest BCUT2D eigenvalue weighted by molar-refractivity contribution is -0.265. The quantitative estimate of drug-likeness (QED) is 0.259. The number of carbonyl (C=O) groups excluding carboxylic acids is 2. The second kappa shape index (κ2) is 10.1. The molecule has 1 saturated carbocycles. The van der Waals surface area contributed by atoms with E-state index in [2.05, 4.69) is 20.7 Å². The highest BCUT2D eigenvalue weighted by Crippen LogP contribution is 2.59. The van der Waals surface area contributed by atoms with E-state index in [0.29, 0.717) is 11.1 Å². The van der Waals surface area contributed by atoms with E-state index < -0.39 is 53.6 Å². The fourth-order valence-corrected chi connectivity index (χ4v) is 6.30. The van der Waals surface area contributed by atoms with Gasteiger partial charge in [0, 0.05) is 40.2 Å². The number of amides is 2. The first-order chi connectivity index (χ1) is 21.8. The van der Waals surface area contributed by atoms with Gasteiger partial charge < -0.3 is 25.2 Å².